The highest BCUT2D eigenvalue weighted by molar-refractivity contribution is 6.36. The van der Waals surface area contributed by atoms with E-state index >= 15 is 0 Å². The van der Waals surface area contributed by atoms with E-state index in [1.54, 1.807) is 12.1 Å². The Balaban J connectivity index is 2.53. The molecule has 0 unspecified atom stereocenters. The zero-order valence-corrected chi connectivity index (χ0v) is 10.4. The zero-order chi connectivity index (χ0) is 12.4. The molecule has 17 heavy (non-hydrogen) atoms. The van der Waals surface area contributed by atoms with E-state index in [4.69, 9.17) is 28.9 Å². The molecule has 88 valence electrons. The number of hydrogen-bond donors (Lipinski definition) is 1. The average molecular weight is 270 g/mol. The molecule has 0 spiro atoms. The molecule has 2 aromatic carbocycles. The summed E-state index contributed by atoms with van der Waals surface area (Å²) >= 11 is 12.1. The Labute approximate surface area is 109 Å². The second kappa shape index (κ2) is 5.05. The van der Waals surface area contributed by atoms with E-state index in [0.29, 0.717) is 22.2 Å². The van der Waals surface area contributed by atoms with E-state index in [1.165, 1.54) is 12.1 Å². The van der Waals surface area contributed by atoms with Crippen LogP contribution in [0.1, 0.15) is 5.56 Å². The minimum Gasteiger partial charge on any atom is -0.326 e. The summed E-state index contributed by atoms with van der Waals surface area (Å²) in [5.41, 5.74) is 7.95. The smallest absolute Gasteiger partial charge is 0.124 e. The van der Waals surface area contributed by atoms with Gasteiger partial charge in [0.15, 0.2) is 0 Å². The lowest BCUT2D eigenvalue weighted by Crippen LogP contribution is -1.96. The molecule has 0 saturated heterocycles. The normalized spacial score (nSPS) is 10.6. The van der Waals surface area contributed by atoms with Crippen molar-refractivity contribution in [2.24, 2.45) is 5.73 Å². The molecule has 0 aliphatic heterocycles. The average Bonchev–Trinajstić information content (AvgIpc) is 2.30. The highest BCUT2D eigenvalue weighted by Crippen LogP contribution is 2.34. The summed E-state index contributed by atoms with van der Waals surface area (Å²) in [4.78, 5) is 0. The molecular formula is C13H10Cl2FN. The van der Waals surface area contributed by atoms with Crippen LogP contribution in [0.5, 0.6) is 0 Å². The van der Waals surface area contributed by atoms with Crippen LogP contribution >= 0.6 is 23.2 Å². The Bertz CT molecular complexity index is 555. The lowest BCUT2D eigenvalue weighted by Gasteiger charge is -2.08. The van der Waals surface area contributed by atoms with Crippen LogP contribution in [0.25, 0.3) is 11.1 Å². The third-order valence-corrected chi connectivity index (χ3v) is 3.12. The molecule has 0 aliphatic carbocycles. The number of halogens is 3. The molecule has 0 heterocycles. The Morgan fingerprint density at radius 3 is 2.06 bits per heavy atom. The highest BCUT2D eigenvalue weighted by Gasteiger charge is 2.08. The van der Waals surface area contributed by atoms with Gasteiger partial charge in [-0.25, -0.2) is 4.39 Å². The topological polar surface area (TPSA) is 26.0 Å². The summed E-state index contributed by atoms with van der Waals surface area (Å²) in [6.07, 6.45) is 0. The summed E-state index contributed by atoms with van der Waals surface area (Å²) in [6, 6.07) is 9.74. The minimum absolute atomic E-state index is 0.340. The van der Waals surface area contributed by atoms with Gasteiger partial charge in [0, 0.05) is 22.7 Å². The maximum Gasteiger partial charge on any atom is 0.124 e. The van der Waals surface area contributed by atoms with Gasteiger partial charge >= 0.3 is 0 Å². The maximum atomic E-state index is 12.9. The fourth-order valence-corrected chi connectivity index (χ4v) is 2.19. The van der Waals surface area contributed by atoms with Crippen molar-refractivity contribution in [3.63, 3.8) is 0 Å². The van der Waals surface area contributed by atoms with Crippen LogP contribution in [0.2, 0.25) is 10.0 Å². The van der Waals surface area contributed by atoms with Gasteiger partial charge in [-0.05, 0) is 29.8 Å². The van der Waals surface area contributed by atoms with E-state index in [9.17, 15) is 4.39 Å². The van der Waals surface area contributed by atoms with Crippen LogP contribution in [-0.2, 0) is 6.54 Å². The monoisotopic (exact) mass is 269 g/mol. The first-order valence-electron chi connectivity index (χ1n) is 5.05. The zero-order valence-electron chi connectivity index (χ0n) is 8.88. The SMILES string of the molecule is NCc1ccc(-c2ccc(F)cc2Cl)c(Cl)c1. The quantitative estimate of drug-likeness (QED) is 0.866. The van der Waals surface area contributed by atoms with E-state index in [1.807, 2.05) is 12.1 Å². The van der Waals surface area contributed by atoms with Crippen molar-refractivity contribution in [2.45, 2.75) is 6.54 Å². The number of rotatable bonds is 2. The predicted octanol–water partition coefficient (Wildman–Crippen LogP) is 4.26. The molecular weight excluding hydrogens is 260 g/mol. The van der Waals surface area contributed by atoms with Gasteiger partial charge in [0.2, 0.25) is 0 Å². The standard InChI is InChI=1S/C13H10Cl2FN/c14-12-5-8(7-17)1-3-10(12)11-4-2-9(16)6-13(11)15/h1-6H,7,17H2. The lowest BCUT2D eigenvalue weighted by atomic mass is 10.0. The fourth-order valence-electron chi connectivity index (χ4n) is 1.61. The summed E-state index contributed by atoms with van der Waals surface area (Å²) in [5, 5.41) is 0.897. The van der Waals surface area contributed by atoms with Gasteiger partial charge in [0.1, 0.15) is 5.82 Å². The molecule has 2 rings (SSSR count). The van der Waals surface area contributed by atoms with Crippen molar-refractivity contribution in [3.8, 4) is 11.1 Å². The van der Waals surface area contributed by atoms with Crippen molar-refractivity contribution in [1.29, 1.82) is 0 Å². The Kier molecular flexibility index (Phi) is 3.67. The first kappa shape index (κ1) is 12.4. The Hall–Kier alpha value is -1.09. The molecule has 0 amide bonds. The molecule has 0 aliphatic rings. The summed E-state index contributed by atoms with van der Waals surface area (Å²) in [7, 11) is 0. The van der Waals surface area contributed by atoms with Gasteiger partial charge in [-0.3, -0.25) is 0 Å². The molecule has 0 radical (unpaired) electrons. The second-order valence-corrected chi connectivity index (χ2v) is 4.46. The number of hydrogen-bond acceptors (Lipinski definition) is 1. The first-order valence-corrected chi connectivity index (χ1v) is 5.81. The predicted molar refractivity (Wildman–Crippen MR) is 69.7 cm³/mol. The molecule has 0 fully saturated rings. The molecule has 0 aromatic heterocycles. The van der Waals surface area contributed by atoms with Crippen LogP contribution in [0.4, 0.5) is 4.39 Å². The maximum absolute atomic E-state index is 12.9. The first-order chi connectivity index (χ1) is 8.11. The van der Waals surface area contributed by atoms with Gasteiger partial charge in [-0.15, -0.1) is 0 Å². The van der Waals surface area contributed by atoms with Gasteiger partial charge in [0.05, 0.1) is 5.02 Å². The summed E-state index contributed by atoms with van der Waals surface area (Å²) < 4.78 is 12.9. The van der Waals surface area contributed by atoms with Crippen LogP contribution in [0, 0.1) is 5.82 Å². The van der Waals surface area contributed by atoms with Crippen LogP contribution < -0.4 is 5.73 Å². The van der Waals surface area contributed by atoms with Crippen LogP contribution in [0.15, 0.2) is 36.4 Å². The second-order valence-electron chi connectivity index (χ2n) is 3.64. The number of benzene rings is 2. The van der Waals surface area contributed by atoms with Crippen LogP contribution in [0.3, 0.4) is 0 Å². The highest BCUT2D eigenvalue weighted by atomic mass is 35.5. The molecule has 2 aromatic rings. The largest absolute Gasteiger partial charge is 0.326 e. The third kappa shape index (κ3) is 2.60. The molecule has 0 atom stereocenters. The third-order valence-electron chi connectivity index (χ3n) is 2.49. The lowest BCUT2D eigenvalue weighted by molar-refractivity contribution is 0.628. The molecule has 0 bridgehead atoms. The van der Waals surface area contributed by atoms with Gasteiger partial charge in [-0.1, -0.05) is 35.3 Å². The van der Waals surface area contributed by atoms with Crippen molar-refractivity contribution in [1.82, 2.24) is 0 Å². The molecule has 1 nitrogen and oxygen atoms in total. The van der Waals surface area contributed by atoms with Gasteiger partial charge in [0.25, 0.3) is 0 Å². The van der Waals surface area contributed by atoms with Crippen molar-refractivity contribution < 1.29 is 4.39 Å². The van der Waals surface area contributed by atoms with Crippen molar-refractivity contribution in [3.05, 3.63) is 57.8 Å². The van der Waals surface area contributed by atoms with Gasteiger partial charge < -0.3 is 5.73 Å². The summed E-state index contributed by atoms with van der Waals surface area (Å²) in [5.74, 6) is -0.367. The van der Waals surface area contributed by atoms with Crippen LogP contribution in [-0.4, -0.2) is 0 Å². The van der Waals surface area contributed by atoms with E-state index in [-0.39, 0.29) is 5.82 Å². The minimum atomic E-state index is -0.367. The molecule has 4 heteroatoms. The fraction of sp³-hybridized carbons (Fsp3) is 0.0769. The Morgan fingerprint density at radius 2 is 1.53 bits per heavy atom. The van der Waals surface area contributed by atoms with Crippen molar-refractivity contribution in [2.75, 3.05) is 0 Å². The van der Waals surface area contributed by atoms with E-state index in [2.05, 4.69) is 0 Å². The van der Waals surface area contributed by atoms with E-state index in [0.717, 1.165) is 11.1 Å². The van der Waals surface area contributed by atoms with E-state index < -0.39 is 0 Å². The van der Waals surface area contributed by atoms with Gasteiger partial charge in [-0.2, -0.15) is 0 Å². The Morgan fingerprint density at radius 1 is 0.941 bits per heavy atom. The molecule has 2 N–H and O–H groups in total. The van der Waals surface area contributed by atoms with Crippen molar-refractivity contribution >= 4 is 23.2 Å². The summed E-state index contributed by atoms with van der Waals surface area (Å²) in [6.45, 7) is 0.428. The molecule has 0 saturated carbocycles. The number of nitrogens with two attached hydrogens (primary N) is 1.